The van der Waals surface area contributed by atoms with Gasteiger partial charge in [0.05, 0.1) is 10.5 Å². The van der Waals surface area contributed by atoms with Crippen molar-refractivity contribution in [2.24, 2.45) is 0 Å². The van der Waals surface area contributed by atoms with Crippen LogP contribution in [0.2, 0.25) is 0 Å². The van der Waals surface area contributed by atoms with Crippen molar-refractivity contribution in [3.63, 3.8) is 0 Å². The molecule has 0 aromatic heterocycles. The number of carbonyl (C=O) groups excluding carboxylic acids is 1. The van der Waals surface area contributed by atoms with Crippen LogP contribution in [-0.4, -0.2) is 10.8 Å². The van der Waals surface area contributed by atoms with Gasteiger partial charge in [-0.25, -0.2) is 0 Å². The lowest BCUT2D eigenvalue weighted by Gasteiger charge is -2.38. The zero-order valence-electron chi connectivity index (χ0n) is 15.9. The summed E-state index contributed by atoms with van der Waals surface area (Å²) in [6.07, 6.45) is -0.491. The minimum absolute atomic E-state index is 0.0125. The summed E-state index contributed by atoms with van der Waals surface area (Å²) >= 11 is 0. The Morgan fingerprint density at radius 3 is 2.30 bits per heavy atom. The van der Waals surface area contributed by atoms with E-state index in [9.17, 15) is 14.9 Å². The molecule has 1 heterocycles. The highest BCUT2D eigenvalue weighted by Crippen LogP contribution is 2.37. The number of nitro benzene ring substituents is 1. The third-order valence-corrected chi connectivity index (χ3v) is 5.36. The number of benzene rings is 4. The molecule has 0 fully saturated rings. The van der Waals surface area contributed by atoms with Gasteiger partial charge in [0.2, 0.25) is 0 Å². The number of anilines is 2. The van der Waals surface area contributed by atoms with Gasteiger partial charge in [-0.3, -0.25) is 19.8 Å². The number of nitro groups is 1. The minimum Gasteiger partial charge on any atom is -0.360 e. The molecule has 0 unspecified atom stereocenters. The molecule has 0 spiro atoms. The van der Waals surface area contributed by atoms with E-state index >= 15 is 0 Å². The number of amides is 1. The van der Waals surface area contributed by atoms with Gasteiger partial charge in [-0.2, -0.15) is 0 Å². The molecule has 0 radical (unpaired) electrons. The third kappa shape index (κ3) is 2.95. The molecule has 1 aliphatic heterocycles. The molecule has 0 bridgehead atoms. The number of rotatable bonds is 3. The number of fused-ring (bicyclic) bond motifs is 2. The van der Waals surface area contributed by atoms with Crippen LogP contribution >= 0.6 is 0 Å². The van der Waals surface area contributed by atoms with Crippen molar-refractivity contribution in [3.8, 4) is 0 Å². The molecule has 146 valence electrons. The molecule has 5 rings (SSSR count). The van der Waals surface area contributed by atoms with Gasteiger partial charge in [-0.1, -0.05) is 42.5 Å². The van der Waals surface area contributed by atoms with Crippen LogP contribution in [0.25, 0.3) is 10.8 Å². The fraction of sp³-hybridized carbons (Fsp3) is 0.0417. The first-order valence-electron chi connectivity index (χ1n) is 9.54. The lowest BCUT2D eigenvalue weighted by atomic mass is 10.0. The normalized spacial score (nSPS) is 15.5. The average Bonchev–Trinajstić information content (AvgIpc) is 2.79. The highest BCUT2D eigenvalue weighted by atomic mass is 16.6. The van der Waals surface area contributed by atoms with E-state index < -0.39 is 11.1 Å². The number of hydrogen-bond donors (Lipinski definition) is 1. The summed E-state index contributed by atoms with van der Waals surface area (Å²) in [5.41, 5.74) is 2.85. The first-order valence-corrected chi connectivity index (χ1v) is 9.54. The zero-order valence-corrected chi connectivity index (χ0v) is 15.9. The molecule has 0 saturated carbocycles. The number of nitrogens with zero attached hydrogens (tertiary/aromatic N) is 2. The fourth-order valence-corrected chi connectivity index (χ4v) is 3.86. The first kappa shape index (κ1) is 17.9. The highest BCUT2D eigenvalue weighted by molar-refractivity contribution is 6.12. The van der Waals surface area contributed by atoms with Gasteiger partial charge in [-0.15, -0.1) is 0 Å². The van der Waals surface area contributed by atoms with E-state index in [1.807, 2.05) is 60.7 Å². The maximum Gasteiger partial charge on any atom is 0.269 e. The Labute approximate surface area is 172 Å². The molecule has 30 heavy (non-hydrogen) atoms. The first-order chi connectivity index (χ1) is 14.6. The van der Waals surface area contributed by atoms with Crippen LogP contribution in [0, 0.1) is 10.1 Å². The molecule has 1 amide bonds. The van der Waals surface area contributed by atoms with Crippen LogP contribution in [0.1, 0.15) is 22.1 Å². The van der Waals surface area contributed by atoms with Crippen LogP contribution in [0.3, 0.4) is 0 Å². The topological polar surface area (TPSA) is 75.5 Å². The smallest absolute Gasteiger partial charge is 0.269 e. The summed E-state index contributed by atoms with van der Waals surface area (Å²) in [5.74, 6) is -0.122. The summed E-state index contributed by atoms with van der Waals surface area (Å²) in [6, 6.07) is 27.5. The Hall–Kier alpha value is -4.19. The van der Waals surface area contributed by atoms with E-state index in [2.05, 4.69) is 5.32 Å². The van der Waals surface area contributed by atoms with Crippen LogP contribution < -0.4 is 10.2 Å². The quantitative estimate of drug-likeness (QED) is 0.366. The van der Waals surface area contributed by atoms with Crippen molar-refractivity contribution in [2.45, 2.75) is 6.17 Å². The van der Waals surface area contributed by atoms with Gasteiger partial charge in [0.15, 0.2) is 0 Å². The monoisotopic (exact) mass is 395 g/mol. The number of hydrogen-bond acceptors (Lipinski definition) is 4. The van der Waals surface area contributed by atoms with Crippen molar-refractivity contribution < 1.29 is 9.72 Å². The summed E-state index contributed by atoms with van der Waals surface area (Å²) in [6.45, 7) is 0. The lowest BCUT2D eigenvalue weighted by molar-refractivity contribution is -0.384. The number of non-ortho nitro benzene ring substituents is 1. The highest BCUT2D eigenvalue weighted by Gasteiger charge is 2.34. The molecule has 1 aliphatic rings. The zero-order chi connectivity index (χ0) is 20.7. The standard InChI is InChI=1S/C24H17N3O3/c28-24-21-7-3-4-8-22(21)25-23(17-10-12-19(13-11-17)27(29)30)26(24)20-14-9-16-5-1-2-6-18(16)15-20/h1-15,23,25H/t23-/m0/s1. The SMILES string of the molecule is O=C1c2ccccc2N[C@H](c2ccc([N+](=O)[O-])cc2)N1c1ccc2ccccc2c1. The van der Waals surface area contributed by atoms with Crippen LogP contribution in [0.15, 0.2) is 91.0 Å². The van der Waals surface area contributed by atoms with Crippen molar-refractivity contribution in [1.29, 1.82) is 0 Å². The maximum absolute atomic E-state index is 13.5. The van der Waals surface area contributed by atoms with Crippen LogP contribution in [0.4, 0.5) is 17.1 Å². The van der Waals surface area contributed by atoms with Gasteiger partial charge in [0.25, 0.3) is 11.6 Å². The molecule has 4 aromatic carbocycles. The number of nitrogens with one attached hydrogen (secondary N) is 1. The Bertz CT molecular complexity index is 1280. The van der Waals surface area contributed by atoms with Crippen molar-refractivity contribution in [1.82, 2.24) is 0 Å². The van der Waals surface area contributed by atoms with E-state index in [1.54, 1.807) is 23.1 Å². The molecule has 0 aliphatic carbocycles. The summed E-state index contributed by atoms with van der Waals surface area (Å²) < 4.78 is 0. The fourth-order valence-electron chi connectivity index (χ4n) is 3.86. The molecule has 6 nitrogen and oxygen atoms in total. The molecule has 0 saturated heterocycles. The maximum atomic E-state index is 13.5. The summed E-state index contributed by atoms with van der Waals surface area (Å²) in [7, 11) is 0. The summed E-state index contributed by atoms with van der Waals surface area (Å²) in [4.78, 5) is 25.8. The molecule has 6 heteroatoms. The van der Waals surface area contributed by atoms with Crippen molar-refractivity contribution in [2.75, 3.05) is 10.2 Å². The Kier molecular flexibility index (Phi) is 4.17. The van der Waals surface area contributed by atoms with E-state index in [4.69, 9.17) is 0 Å². The predicted molar refractivity (Wildman–Crippen MR) is 117 cm³/mol. The minimum atomic E-state index is -0.491. The Morgan fingerprint density at radius 1 is 0.833 bits per heavy atom. The molecule has 4 aromatic rings. The van der Waals surface area contributed by atoms with E-state index in [-0.39, 0.29) is 11.6 Å². The van der Waals surface area contributed by atoms with Gasteiger partial charge >= 0.3 is 0 Å². The van der Waals surface area contributed by atoms with Crippen LogP contribution in [-0.2, 0) is 0 Å². The second kappa shape index (κ2) is 7.00. The number of para-hydroxylation sites is 1. The lowest BCUT2D eigenvalue weighted by Crippen LogP contribution is -2.43. The van der Waals surface area contributed by atoms with Gasteiger partial charge in [0, 0.05) is 23.5 Å². The molecular formula is C24H17N3O3. The molecule has 1 atom stereocenters. The largest absolute Gasteiger partial charge is 0.360 e. The second-order valence-corrected chi connectivity index (χ2v) is 7.15. The van der Waals surface area contributed by atoms with E-state index in [0.717, 1.165) is 27.7 Å². The van der Waals surface area contributed by atoms with Crippen molar-refractivity contribution in [3.05, 3.63) is 112 Å². The molecule has 1 N–H and O–H groups in total. The van der Waals surface area contributed by atoms with E-state index in [0.29, 0.717) is 5.56 Å². The van der Waals surface area contributed by atoms with Gasteiger partial charge < -0.3 is 5.32 Å². The average molecular weight is 395 g/mol. The van der Waals surface area contributed by atoms with Crippen LogP contribution in [0.5, 0.6) is 0 Å². The summed E-state index contributed by atoms with van der Waals surface area (Å²) in [5, 5.41) is 16.6. The van der Waals surface area contributed by atoms with E-state index in [1.165, 1.54) is 12.1 Å². The number of carbonyl (C=O) groups is 1. The molecular weight excluding hydrogens is 378 g/mol. The van der Waals surface area contributed by atoms with Gasteiger partial charge in [-0.05, 0) is 52.7 Å². The Morgan fingerprint density at radius 2 is 1.53 bits per heavy atom. The predicted octanol–water partition coefficient (Wildman–Crippen LogP) is 5.52. The van der Waals surface area contributed by atoms with Crippen molar-refractivity contribution >= 4 is 33.7 Å². The third-order valence-electron chi connectivity index (χ3n) is 5.36. The van der Waals surface area contributed by atoms with Gasteiger partial charge in [0.1, 0.15) is 6.17 Å². The second-order valence-electron chi connectivity index (χ2n) is 7.15. The Balaban J connectivity index is 1.65.